The highest BCUT2D eigenvalue weighted by Gasteiger charge is 2.14. The van der Waals surface area contributed by atoms with Crippen LogP contribution < -0.4 is 15.4 Å². The van der Waals surface area contributed by atoms with Crippen LogP contribution >= 0.6 is 0 Å². The number of ether oxygens (including phenoxy) is 1. The molecule has 0 saturated heterocycles. The second-order valence-corrected chi connectivity index (χ2v) is 6.93. The van der Waals surface area contributed by atoms with Crippen molar-refractivity contribution in [2.75, 3.05) is 20.1 Å². The quantitative estimate of drug-likeness (QED) is 0.475. The molecule has 0 aliphatic carbocycles. The molecule has 0 radical (unpaired) electrons. The Morgan fingerprint density at radius 1 is 0.786 bits per heavy atom. The summed E-state index contributed by atoms with van der Waals surface area (Å²) in [6.45, 7) is 2.66. The fourth-order valence-electron chi connectivity index (χ4n) is 3.26. The Bertz CT molecular complexity index is 805. The van der Waals surface area contributed by atoms with Crippen LogP contribution in [0, 0.1) is 0 Å². The van der Waals surface area contributed by atoms with E-state index in [9.17, 15) is 0 Å². The minimum atomic E-state index is 0.0409. The van der Waals surface area contributed by atoms with Crippen molar-refractivity contribution in [1.82, 2.24) is 10.6 Å². The van der Waals surface area contributed by atoms with Gasteiger partial charge in [-0.05, 0) is 43.8 Å². The standard InChI is InChI=1S/C25H30N2O/c1-26-18-17-25(22-12-6-3-7-13-22)28-24-15-9-8-14-23(24)20-27-19-16-21-10-4-2-5-11-21/h2-15,25-27H,16-20H2,1H3. The van der Waals surface area contributed by atoms with E-state index in [2.05, 4.69) is 83.4 Å². The summed E-state index contributed by atoms with van der Waals surface area (Å²) in [5, 5.41) is 6.79. The minimum absolute atomic E-state index is 0.0409. The van der Waals surface area contributed by atoms with Gasteiger partial charge in [-0.25, -0.2) is 0 Å². The molecule has 3 nitrogen and oxygen atoms in total. The number of benzene rings is 3. The third-order valence-electron chi connectivity index (χ3n) is 4.82. The minimum Gasteiger partial charge on any atom is -0.485 e. The highest BCUT2D eigenvalue weighted by molar-refractivity contribution is 5.34. The summed E-state index contributed by atoms with van der Waals surface area (Å²) in [6, 6.07) is 29.4. The van der Waals surface area contributed by atoms with Crippen molar-refractivity contribution < 1.29 is 4.74 Å². The predicted octanol–water partition coefficient (Wildman–Crippen LogP) is 4.75. The van der Waals surface area contributed by atoms with E-state index in [4.69, 9.17) is 4.74 Å². The van der Waals surface area contributed by atoms with Crippen molar-refractivity contribution in [3.8, 4) is 5.75 Å². The molecule has 0 spiro atoms. The van der Waals surface area contributed by atoms with E-state index in [1.807, 2.05) is 19.2 Å². The predicted molar refractivity (Wildman–Crippen MR) is 117 cm³/mol. The van der Waals surface area contributed by atoms with E-state index in [0.717, 1.165) is 38.2 Å². The van der Waals surface area contributed by atoms with Gasteiger partial charge in [-0.2, -0.15) is 0 Å². The highest BCUT2D eigenvalue weighted by atomic mass is 16.5. The van der Waals surface area contributed by atoms with Gasteiger partial charge in [0.1, 0.15) is 11.9 Å². The summed E-state index contributed by atoms with van der Waals surface area (Å²) in [6.07, 6.45) is 1.99. The average molecular weight is 375 g/mol. The summed E-state index contributed by atoms with van der Waals surface area (Å²) in [7, 11) is 1.98. The lowest BCUT2D eigenvalue weighted by molar-refractivity contribution is 0.192. The molecule has 0 aliphatic rings. The zero-order valence-corrected chi connectivity index (χ0v) is 16.6. The van der Waals surface area contributed by atoms with Crippen molar-refractivity contribution in [2.45, 2.75) is 25.5 Å². The second-order valence-electron chi connectivity index (χ2n) is 6.93. The number of nitrogens with one attached hydrogen (secondary N) is 2. The molecule has 0 saturated carbocycles. The van der Waals surface area contributed by atoms with Gasteiger partial charge >= 0.3 is 0 Å². The molecule has 3 rings (SSSR count). The Morgan fingerprint density at radius 2 is 1.46 bits per heavy atom. The third-order valence-corrected chi connectivity index (χ3v) is 4.82. The van der Waals surface area contributed by atoms with E-state index in [1.165, 1.54) is 16.7 Å². The maximum absolute atomic E-state index is 6.47. The molecule has 0 aromatic heterocycles. The molecule has 0 aliphatic heterocycles. The number of para-hydroxylation sites is 1. The number of rotatable bonds is 11. The van der Waals surface area contributed by atoms with E-state index < -0.39 is 0 Å². The lowest BCUT2D eigenvalue weighted by Crippen LogP contribution is -2.19. The van der Waals surface area contributed by atoms with Crippen LogP contribution in [0.2, 0.25) is 0 Å². The van der Waals surface area contributed by atoms with E-state index in [0.29, 0.717) is 0 Å². The molecule has 1 atom stereocenters. The van der Waals surface area contributed by atoms with Gasteiger partial charge < -0.3 is 15.4 Å². The van der Waals surface area contributed by atoms with Gasteiger partial charge in [0.05, 0.1) is 0 Å². The van der Waals surface area contributed by atoms with Crippen molar-refractivity contribution in [3.63, 3.8) is 0 Å². The molecule has 0 bridgehead atoms. The molecule has 146 valence electrons. The first-order valence-corrected chi connectivity index (χ1v) is 10.1. The fourth-order valence-corrected chi connectivity index (χ4v) is 3.26. The first-order chi connectivity index (χ1) is 13.9. The van der Waals surface area contributed by atoms with Gasteiger partial charge in [-0.15, -0.1) is 0 Å². The normalized spacial score (nSPS) is 11.9. The number of hydrogen-bond donors (Lipinski definition) is 2. The molecule has 3 heteroatoms. The molecule has 28 heavy (non-hydrogen) atoms. The summed E-state index contributed by atoms with van der Waals surface area (Å²) in [4.78, 5) is 0. The van der Waals surface area contributed by atoms with Crippen LogP contribution in [0.25, 0.3) is 0 Å². The maximum atomic E-state index is 6.47. The Hall–Kier alpha value is -2.62. The van der Waals surface area contributed by atoms with Crippen molar-refractivity contribution >= 4 is 0 Å². The van der Waals surface area contributed by atoms with Crippen molar-refractivity contribution in [1.29, 1.82) is 0 Å². The summed E-state index contributed by atoms with van der Waals surface area (Å²) < 4.78 is 6.47. The monoisotopic (exact) mass is 374 g/mol. The summed E-state index contributed by atoms with van der Waals surface area (Å²) >= 11 is 0. The van der Waals surface area contributed by atoms with Crippen LogP contribution in [0.15, 0.2) is 84.9 Å². The molecular weight excluding hydrogens is 344 g/mol. The Kier molecular flexibility index (Phi) is 8.10. The number of hydrogen-bond acceptors (Lipinski definition) is 3. The summed E-state index contributed by atoms with van der Waals surface area (Å²) in [5.41, 5.74) is 3.77. The van der Waals surface area contributed by atoms with Crippen LogP contribution in [0.4, 0.5) is 0 Å². The molecule has 3 aromatic carbocycles. The third kappa shape index (κ3) is 6.22. The smallest absolute Gasteiger partial charge is 0.125 e. The lowest BCUT2D eigenvalue weighted by atomic mass is 10.1. The Balaban J connectivity index is 1.61. The van der Waals surface area contributed by atoms with Crippen LogP contribution in [0.3, 0.4) is 0 Å². The topological polar surface area (TPSA) is 33.3 Å². The van der Waals surface area contributed by atoms with E-state index >= 15 is 0 Å². The lowest BCUT2D eigenvalue weighted by Gasteiger charge is -2.21. The van der Waals surface area contributed by atoms with Crippen LogP contribution in [-0.4, -0.2) is 20.1 Å². The maximum Gasteiger partial charge on any atom is 0.125 e. The van der Waals surface area contributed by atoms with Crippen molar-refractivity contribution in [2.24, 2.45) is 0 Å². The molecular formula is C25H30N2O. The second kappa shape index (κ2) is 11.3. The zero-order valence-electron chi connectivity index (χ0n) is 16.6. The largest absolute Gasteiger partial charge is 0.485 e. The summed E-state index contributed by atoms with van der Waals surface area (Å²) in [5.74, 6) is 0.958. The van der Waals surface area contributed by atoms with Gasteiger partial charge in [-0.1, -0.05) is 78.9 Å². The van der Waals surface area contributed by atoms with Gasteiger partial charge in [0, 0.05) is 18.5 Å². The van der Waals surface area contributed by atoms with Crippen molar-refractivity contribution in [3.05, 3.63) is 102 Å². The van der Waals surface area contributed by atoms with Crippen LogP contribution in [0.1, 0.15) is 29.2 Å². The van der Waals surface area contributed by atoms with Gasteiger partial charge in [-0.3, -0.25) is 0 Å². The van der Waals surface area contributed by atoms with Gasteiger partial charge in [0.25, 0.3) is 0 Å². The fraction of sp³-hybridized carbons (Fsp3) is 0.280. The molecule has 3 aromatic rings. The molecule has 0 fully saturated rings. The molecule has 1 unspecified atom stereocenters. The van der Waals surface area contributed by atoms with Gasteiger partial charge in [0.2, 0.25) is 0 Å². The zero-order chi connectivity index (χ0) is 19.4. The SMILES string of the molecule is CNCCC(Oc1ccccc1CNCCc1ccccc1)c1ccccc1. The molecule has 2 N–H and O–H groups in total. The molecule has 0 amide bonds. The van der Waals surface area contributed by atoms with Crippen LogP contribution in [0.5, 0.6) is 5.75 Å². The van der Waals surface area contributed by atoms with E-state index in [-0.39, 0.29) is 6.10 Å². The molecule has 0 heterocycles. The first kappa shape index (κ1) is 20.1. The average Bonchev–Trinajstić information content (AvgIpc) is 2.76. The Labute approximate surface area is 168 Å². The first-order valence-electron chi connectivity index (χ1n) is 10.1. The Morgan fingerprint density at radius 3 is 2.21 bits per heavy atom. The van der Waals surface area contributed by atoms with Crippen LogP contribution in [-0.2, 0) is 13.0 Å². The highest BCUT2D eigenvalue weighted by Crippen LogP contribution is 2.27. The van der Waals surface area contributed by atoms with E-state index in [1.54, 1.807) is 0 Å². The van der Waals surface area contributed by atoms with Gasteiger partial charge in [0.15, 0.2) is 0 Å².